The zero-order valence-corrected chi connectivity index (χ0v) is 47.3. The number of nitrogens with zero attached hydrogens (tertiary/aromatic N) is 2. The van der Waals surface area contributed by atoms with Gasteiger partial charge in [0.2, 0.25) is 5.91 Å². The predicted molar refractivity (Wildman–Crippen MR) is 289 cm³/mol. The van der Waals surface area contributed by atoms with E-state index in [-0.39, 0.29) is 42.1 Å². The van der Waals surface area contributed by atoms with Gasteiger partial charge < -0.3 is 50.5 Å². The molecular formula is C59H73F9N6O9. The summed E-state index contributed by atoms with van der Waals surface area (Å²) in [6.45, 7) is 6.72. The summed E-state index contributed by atoms with van der Waals surface area (Å²) in [5.41, 5.74) is 2.77. The standard InChI is InChI=1S/C27H30F3N3O2.C26H29F6N3O2.C4H10O3.C2H4O2/c1-18-12-20(14-22(13-18)27(28,29)30)19(2)35-16-26(21-6-4-3-5-7-21)9-8-23(15-31-26)33-17-32-25(10-11-25)24(33)34;1-16(17-11-19(25(27,28)29)13-20(12-17)26(30,31)32)37-15-24(18-5-3-2-4-6-18)8-7-21(14-34-24)35-22(36)23(33)9-10-23;1-5-4(6-2)7-3;1-2(3)4/h3-7,12-14,17,19,23,31H,8-11,15-16H2,1-2H3;2-6,11-13,16,21,34H,7-10,14-15,33H2,1H3,(H,35,36);4H,1-3H3;1H3,(H,3,4)/t19-,23+,26-;16-,21+,24-;;/m11../s1. The molecule has 9 rings (SSSR count). The van der Waals surface area contributed by atoms with Crippen LogP contribution in [0.1, 0.15) is 129 Å². The third-order valence-corrected chi connectivity index (χ3v) is 15.3. The van der Waals surface area contributed by atoms with Gasteiger partial charge >= 0.3 is 18.5 Å². The topological polar surface area (TPSA) is 195 Å². The smallest absolute Gasteiger partial charge is 0.416 e. The van der Waals surface area contributed by atoms with Crippen LogP contribution >= 0.6 is 0 Å². The van der Waals surface area contributed by atoms with Gasteiger partial charge in [-0.25, -0.2) is 0 Å². The summed E-state index contributed by atoms with van der Waals surface area (Å²) >= 11 is 0. The fourth-order valence-corrected chi connectivity index (χ4v) is 10.0. The van der Waals surface area contributed by atoms with Crippen molar-refractivity contribution in [3.8, 4) is 0 Å². The highest BCUT2D eigenvalue weighted by Crippen LogP contribution is 2.46. The highest BCUT2D eigenvalue weighted by molar-refractivity contribution is 6.02. The number of piperidine rings is 2. The second-order valence-electron chi connectivity index (χ2n) is 21.6. The molecule has 2 saturated heterocycles. The largest absolute Gasteiger partial charge is 0.481 e. The normalized spacial score (nSPS) is 23.2. The molecular weight excluding hydrogens is 1110 g/mol. The van der Waals surface area contributed by atoms with Crippen molar-refractivity contribution < 1.29 is 82.7 Å². The maximum Gasteiger partial charge on any atom is 0.416 e. The molecule has 0 aromatic heterocycles. The lowest BCUT2D eigenvalue weighted by Gasteiger charge is -2.44. The molecule has 4 aromatic rings. The van der Waals surface area contributed by atoms with Crippen molar-refractivity contribution in [3.05, 3.63) is 142 Å². The molecule has 4 aromatic carbocycles. The first-order valence-electron chi connectivity index (χ1n) is 27.0. The number of ether oxygens (including phenoxy) is 5. The fourth-order valence-electron chi connectivity index (χ4n) is 10.0. The Labute approximate surface area is 476 Å². The molecule has 83 heavy (non-hydrogen) atoms. The minimum absolute atomic E-state index is 0.00271. The molecule has 6 atom stereocenters. The van der Waals surface area contributed by atoms with Crippen LogP contribution in [0, 0.1) is 6.92 Å². The molecule has 0 bridgehead atoms. The van der Waals surface area contributed by atoms with Gasteiger partial charge in [0.1, 0.15) is 5.54 Å². The third kappa shape index (κ3) is 17.6. The number of carboxylic acid groups (broad SMARTS) is 1. The van der Waals surface area contributed by atoms with E-state index in [0.717, 1.165) is 49.8 Å². The second kappa shape index (κ2) is 27.4. The predicted octanol–water partition coefficient (Wildman–Crippen LogP) is 10.5. The zero-order chi connectivity index (χ0) is 61.2. The lowest BCUT2D eigenvalue weighted by atomic mass is 9.81. The summed E-state index contributed by atoms with van der Waals surface area (Å²) in [7, 11) is 4.53. The molecule has 2 aliphatic carbocycles. The van der Waals surface area contributed by atoms with Gasteiger partial charge in [0.05, 0.1) is 71.1 Å². The van der Waals surface area contributed by atoms with Crippen LogP contribution < -0.4 is 21.7 Å². The maximum atomic E-state index is 13.3. The lowest BCUT2D eigenvalue weighted by molar-refractivity contribution is -0.252. The van der Waals surface area contributed by atoms with Gasteiger partial charge in [0, 0.05) is 47.4 Å². The Morgan fingerprint density at radius 2 is 1.12 bits per heavy atom. The van der Waals surface area contributed by atoms with Crippen molar-refractivity contribution in [1.29, 1.82) is 0 Å². The van der Waals surface area contributed by atoms with Crippen molar-refractivity contribution in [1.82, 2.24) is 20.9 Å². The first-order chi connectivity index (χ1) is 38.9. The van der Waals surface area contributed by atoms with Crippen LogP contribution in [-0.4, -0.2) is 111 Å². The number of carbonyl (C=O) groups excluding carboxylic acids is 2. The Hall–Kier alpha value is -5.99. The number of carbonyl (C=O) groups is 3. The van der Waals surface area contributed by atoms with Crippen molar-refractivity contribution >= 4 is 24.1 Å². The molecule has 15 nitrogen and oxygen atoms in total. The molecule has 3 aliphatic heterocycles. The summed E-state index contributed by atoms with van der Waals surface area (Å²) in [6.07, 6.45) is -8.60. The van der Waals surface area contributed by atoms with Crippen LogP contribution in [0.4, 0.5) is 39.5 Å². The van der Waals surface area contributed by atoms with Crippen molar-refractivity contribution in [2.75, 3.05) is 47.6 Å². The molecule has 0 radical (unpaired) electrons. The average molecular weight is 1180 g/mol. The van der Waals surface area contributed by atoms with Gasteiger partial charge in [-0.2, -0.15) is 39.5 Å². The number of amides is 2. The average Bonchev–Trinajstić information content (AvgIpc) is 4.40. The minimum Gasteiger partial charge on any atom is -0.481 e. The number of methoxy groups -OCH3 is 3. The first-order valence-corrected chi connectivity index (χ1v) is 27.0. The van der Waals surface area contributed by atoms with E-state index < -0.39 is 82.0 Å². The van der Waals surface area contributed by atoms with Crippen molar-refractivity contribution in [3.63, 3.8) is 0 Å². The van der Waals surface area contributed by atoms with Crippen LogP contribution in [-0.2, 0) is 67.7 Å². The SMILES string of the molecule is CC(=O)O.COC(OC)OC.C[C@@H](OC[C@@]1(c2ccccc2)CC[C@H](NC(=O)C2(N)CC2)CN1)c1cc(C(F)(F)F)cc(C(F)(F)F)c1.Cc1cc([C@@H](C)OC[C@@]2(c3ccccc3)CC[C@H](N3C=NC4(CC4)C3=O)CN2)cc(C(F)(F)F)c1. The number of aryl methyl sites for hydroxylation is 1. The summed E-state index contributed by atoms with van der Waals surface area (Å²) in [5, 5.41) is 17.4. The van der Waals surface area contributed by atoms with Crippen LogP contribution in [0.5, 0.6) is 0 Å². The maximum absolute atomic E-state index is 13.3. The number of aliphatic imine (C=N–C) groups is 1. The first kappa shape index (κ1) is 66.2. The molecule has 456 valence electrons. The Morgan fingerprint density at radius 1 is 0.687 bits per heavy atom. The number of benzene rings is 4. The second-order valence-corrected chi connectivity index (χ2v) is 21.6. The van der Waals surface area contributed by atoms with E-state index in [9.17, 15) is 49.1 Å². The number of hydrogen-bond donors (Lipinski definition) is 5. The van der Waals surface area contributed by atoms with Crippen LogP contribution in [0.2, 0.25) is 0 Å². The molecule has 5 aliphatic rings. The van der Waals surface area contributed by atoms with E-state index in [1.54, 1.807) is 31.2 Å². The van der Waals surface area contributed by atoms with Gasteiger partial charge in [-0.15, -0.1) is 0 Å². The Morgan fingerprint density at radius 3 is 1.48 bits per heavy atom. The Kier molecular flexibility index (Phi) is 21.8. The fraction of sp³-hybridized carbons (Fsp3) is 0.525. The van der Waals surface area contributed by atoms with E-state index in [4.69, 9.17) is 25.1 Å². The quantitative estimate of drug-likeness (QED) is 0.0527. The zero-order valence-electron chi connectivity index (χ0n) is 47.3. The summed E-state index contributed by atoms with van der Waals surface area (Å²) in [4.78, 5) is 40.4. The number of carboxylic acids is 1. The van der Waals surface area contributed by atoms with E-state index in [0.29, 0.717) is 68.6 Å². The Balaban J connectivity index is 0.000000226. The van der Waals surface area contributed by atoms with Crippen LogP contribution in [0.3, 0.4) is 0 Å². The van der Waals surface area contributed by atoms with Crippen molar-refractivity contribution in [2.24, 2.45) is 10.7 Å². The number of halogens is 9. The van der Waals surface area contributed by atoms with E-state index in [2.05, 4.69) is 35.2 Å². The highest BCUT2D eigenvalue weighted by Gasteiger charge is 2.56. The number of rotatable bonds is 16. The lowest BCUT2D eigenvalue weighted by Crippen LogP contribution is -2.59. The summed E-state index contributed by atoms with van der Waals surface area (Å²) < 4.78 is 146. The van der Waals surface area contributed by atoms with E-state index >= 15 is 0 Å². The van der Waals surface area contributed by atoms with Gasteiger partial charge in [-0.05, 0) is 125 Å². The Bertz CT molecular complexity index is 2770. The van der Waals surface area contributed by atoms with Gasteiger partial charge in [-0.3, -0.25) is 24.3 Å². The van der Waals surface area contributed by atoms with Crippen LogP contribution in [0.15, 0.2) is 102 Å². The molecule has 2 amide bonds. The van der Waals surface area contributed by atoms with Crippen molar-refractivity contribution in [2.45, 2.75) is 151 Å². The number of nitrogens with two attached hydrogens (primary N) is 1. The summed E-state index contributed by atoms with van der Waals surface area (Å²) in [6, 6.07) is 24.6. The third-order valence-electron chi connectivity index (χ3n) is 15.3. The van der Waals surface area contributed by atoms with E-state index in [1.807, 2.05) is 60.7 Å². The number of alkyl halides is 9. The molecule has 24 heteroatoms. The van der Waals surface area contributed by atoms with Gasteiger partial charge in [0.25, 0.3) is 18.4 Å². The molecule has 3 heterocycles. The van der Waals surface area contributed by atoms with Gasteiger partial charge in [0.15, 0.2) is 0 Å². The summed E-state index contributed by atoms with van der Waals surface area (Å²) in [5.74, 6) is -0.928. The monoisotopic (exact) mass is 1180 g/mol. The highest BCUT2D eigenvalue weighted by atomic mass is 19.4. The molecule has 1 spiro atoms. The van der Waals surface area contributed by atoms with E-state index in [1.165, 1.54) is 34.3 Å². The molecule has 4 fully saturated rings. The molecule has 6 N–H and O–H groups in total. The number of hydrogen-bond acceptors (Lipinski definition) is 12. The molecule has 2 saturated carbocycles. The minimum atomic E-state index is -4.94. The number of aliphatic carboxylic acids is 1. The molecule has 0 unspecified atom stereocenters. The van der Waals surface area contributed by atoms with Gasteiger partial charge in [-0.1, -0.05) is 72.3 Å². The number of nitrogens with one attached hydrogen (secondary N) is 3. The van der Waals surface area contributed by atoms with Crippen LogP contribution in [0.25, 0.3) is 0 Å².